The quantitative estimate of drug-likeness (QED) is 0.383. The first-order valence-corrected chi connectivity index (χ1v) is 5.13. The van der Waals surface area contributed by atoms with E-state index in [1.54, 1.807) is 0 Å². The van der Waals surface area contributed by atoms with Crippen molar-refractivity contribution in [2.45, 2.75) is 0 Å². The molecule has 7 heteroatoms. The van der Waals surface area contributed by atoms with Crippen molar-refractivity contribution < 1.29 is 24.1 Å². The van der Waals surface area contributed by atoms with E-state index in [2.05, 4.69) is 9.71 Å². The number of hydrogen-bond donors (Lipinski definition) is 1. The fourth-order valence-corrected chi connectivity index (χ4v) is 0.397. The minimum absolute atomic E-state index is 0.680. The van der Waals surface area contributed by atoms with Gasteiger partial charge in [-0.3, -0.25) is 9.13 Å². The largest absolute Gasteiger partial charge is 0.319 e. The lowest BCUT2D eigenvalue weighted by atomic mass is 12.0. The summed E-state index contributed by atoms with van der Waals surface area (Å²) < 4.78 is 23.7. The van der Waals surface area contributed by atoms with Gasteiger partial charge < -0.3 is 0 Å². The second kappa shape index (κ2) is 3.28. The molecule has 0 aromatic rings. The summed E-state index contributed by atoms with van der Waals surface area (Å²) in [5.41, 5.74) is 0. The van der Waals surface area contributed by atoms with Gasteiger partial charge >= 0.3 is 7.06 Å². The summed E-state index contributed by atoms with van der Waals surface area (Å²) in [5.74, 6) is 0. The van der Waals surface area contributed by atoms with Gasteiger partial charge in [0.15, 0.2) is 0 Å². The molecule has 1 atom stereocenters. The Kier molecular flexibility index (Phi) is 3.36. The Morgan fingerprint density at radius 3 is 2.38 bits per heavy atom. The van der Waals surface area contributed by atoms with Crippen LogP contribution in [0.1, 0.15) is 0 Å². The van der Waals surface area contributed by atoms with Crippen LogP contribution in [0.15, 0.2) is 0 Å². The van der Waals surface area contributed by atoms with Gasteiger partial charge in [0.1, 0.15) is 0 Å². The van der Waals surface area contributed by atoms with Crippen LogP contribution >= 0.6 is 15.2 Å². The Labute approximate surface area is 47.0 Å². The van der Waals surface area contributed by atoms with E-state index in [4.69, 9.17) is 5.26 Å². The second-order valence-corrected chi connectivity index (χ2v) is 5.62. The normalized spacial score (nSPS) is 18.2. The molecule has 0 bridgehead atoms. The van der Waals surface area contributed by atoms with Gasteiger partial charge in [0, 0.05) is 6.66 Å². The molecule has 48 valence electrons. The van der Waals surface area contributed by atoms with Gasteiger partial charge in [-0.25, -0.2) is 5.26 Å². The Bertz CT molecular complexity index is 120. The topological polar surface area (TPSA) is 72.8 Å². The van der Waals surface area contributed by atoms with E-state index in [0.717, 1.165) is 6.66 Å². The summed E-state index contributed by atoms with van der Waals surface area (Å²) in [7, 11) is -3.91. The van der Waals surface area contributed by atoms with Crippen LogP contribution in [-0.4, -0.2) is 11.9 Å². The molecule has 0 fully saturated rings. The summed E-state index contributed by atoms with van der Waals surface area (Å²) in [6.07, 6.45) is 0. The monoisotopic (exact) mass is 158 g/mol. The molecule has 0 aliphatic carbocycles. The first-order valence-electron chi connectivity index (χ1n) is 1.54. The Morgan fingerprint density at radius 1 is 1.75 bits per heavy atom. The third-order valence-corrected chi connectivity index (χ3v) is 2.05. The first kappa shape index (κ1) is 8.21. The predicted molar refractivity (Wildman–Crippen MR) is 25.9 cm³/mol. The molecule has 0 amide bonds. The molecular weight excluding hydrogens is 154 g/mol. The summed E-state index contributed by atoms with van der Waals surface area (Å²) in [6.45, 7) is 1.05. The molecule has 0 aliphatic heterocycles. The zero-order valence-electron chi connectivity index (χ0n) is 3.97. The SMILES string of the molecule is CP(=O)(OOO)P=O. The minimum Gasteiger partial charge on any atom is -0.277 e. The molecular formula is CH4O5P2. The molecule has 5 nitrogen and oxygen atoms in total. The Balaban J connectivity index is 3.73. The third-order valence-electron chi connectivity index (χ3n) is 0.320. The molecule has 1 unspecified atom stereocenters. The Hall–Kier alpha value is 0.210. The fourth-order valence-electron chi connectivity index (χ4n) is 0.0755. The van der Waals surface area contributed by atoms with Crippen LogP contribution in [0.25, 0.3) is 0 Å². The van der Waals surface area contributed by atoms with Gasteiger partial charge in [0.25, 0.3) is 8.15 Å². The molecule has 0 aromatic heterocycles. The maximum atomic E-state index is 10.4. The van der Waals surface area contributed by atoms with Gasteiger partial charge in [-0.15, -0.1) is 4.67 Å². The van der Waals surface area contributed by atoms with Gasteiger partial charge in [0.2, 0.25) is 0 Å². The van der Waals surface area contributed by atoms with E-state index in [0.29, 0.717) is 0 Å². The average molecular weight is 158 g/mol. The lowest BCUT2D eigenvalue weighted by Gasteiger charge is -1.95. The van der Waals surface area contributed by atoms with Crippen LogP contribution in [0.4, 0.5) is 0 Å². The molecule has 0 saturated carbocycles. The van der Waals surface area contributed by atoms with Crippen LogP contribution in [0, 0.1) is 0 Å². The molecule has 0 aliphatic rings. The Morgan fingerprint density at radius 2 is 2.25 bits per heavy atom. The number of rotatable bonds is 3. The van der Waals surface area contributed by atoms with Crippen molar-refractivity contribution in [3.8, 4) is 0 Å². The van der Waals surface area contributed by atoms with Gasteiger partial charge in [0.05, 0.1) is 0 Å². The van der Waals surface area contributed by atoms with Crippen LogP contribution in [0.5, 0.6) is 0 Å². The van der Waals surface area contributed by atoms with Crippen molar-refractivity contribution in [2.75, 3.05) is 6.66 Å². The first-order chi connectivity index (χ1) is 3.62. The summed E-state index contributed by atoms with van der Waals surface area (Å²) >= 11 is 0. The summed E-state index contributed by atoms with van der Waals surface area (Å²) in [5, 5.41) is 10.5. The molecule has 8 heavy (non-hydrogen) atoms. The van der Waals surface area contributed by atoms with Gasteiger partial charge in [-0.05, 0) is 0 Å². The third kappa shape index (κ3) is 3.24. The van der Waals surface area contributed by atoms with Crippen molar-refractivity contribution in [2.24, 2.45) is 0 Å². The van der Waals surface area contributed by atoms with Crippen molar-refractivity contribution in [3.05, 3.63) is 0 Å². The van der Waals surface area contributed by atoms with Crippen LogP contribution in [0.2, 0.25) is 0 Å². The summed E-state index contributed by atoms with van der Waals surface area (Å²) in [4.78, 5) is 0. The van der Waals surface area contributed by atoms with Crippen molar-refractivity contribution >= 4 is 15.2 Å². The minimum atomic E-state index is -3.23. The lowest BCUT2D eigenvalue weighted by molar-refractivity contribution is -0.438. The predicted octanol–water partition coefficient (Wildman–Crippen LogP) is 1.52. The summed E-state index contributed by atoms with van der Waals surface area (Å²) in [6, 6.07) is 0. The van der Waals surface area contributed by atoms with Crippen LogP contribution in [-0.2, 0) is 18.8 Å². The highest BCUT2D eigenvalue weighted by atomic mass is 32.1. The fraction of sp³-hybridized carbons (Fsp3) is 1.00. The van der Waals surface area contributed by atoms with E-state index in [9.17, 15) is 9.13 Å². The standard InChI is InChI=1S/CH4O5P2/c1-8(4,7-3)6-5-2/h2H,1H3. The van der Waals surface area contributed by atoms with Crippen LogP contribution < -0.4 is 0 Å². The van der Waals surface area contributed by atoms with E-state index >= 15 is 0 Å². The highest BCUT2D eigenvalue weighted by Crippen LogP contribution is 2.55. The number of hydrogen-bond acceptors (Lipinski definition) is 5. The van der Waals surface area contributed by atoms with E-state index in [1.807, 2.05) is 0 Å². The van der Waals surface area contributed by atoms with Crippen molar-refractivity contribution in [1.29, 1.82) is 0 Å². The molecule has 1 N–H and O–H groups in total. The molecule has 0 spiro atoms. The second-order valence-electron chi connectivity index (χ2n) is 1.03. The van der Waals surface area contributed by atoms with Crippen molar-refractivity contribution in [3.63, 3.8) is 0 Å². The zero-order valence-corrected chi connectivity index (χ0v) is 5.76. The highest BCUT2D eigenvalue weighted by Gasteiger charge is 2.16. The molecule has 0 saturated heterocycles. The zero-order chi connectivity index (χ0) is 6.62. The molecule has 0 radical (unpaired) electrons. The smallest absolute Gasteiger partial charge is 0.277 e. The van der Waals surface area contributed by atoms with E-state index in [1.165, 1.54) is 0 Å². The maximum absolute atomic E-state index is 10.4. The van der Waals surface area contributed by atoms with Crippen LogP contribution in [0.3, 0.4) is 0 Å². The van der Waals surface area contributed by atoms with E-state index in [-0.39, 0.29) is 0 Å². The molecule has 0 rings (SSSR count). The highest BCUT2D eigenvalue weighted by molar-refractivity contribution is 8.17. The average Bonchev–Trinajstić information content (AvgIpc) is 1.67. The van der Waals surface area contributed by atoms with Crippen molar-refractivity contribution in [1.82, 2.24) is 0 Å². The molecule has 0 heterocycles. The van der Waals surface area contributed by atoms with Gasteiger partial charge in [-0.2, -0.15) is 0 Å². The lowest BCUT2D eigenvalue weighted by Crippen LogP contribution is -1.79. The van der Waals surface area contributed by atoms with E-state index < -0.39 is 15.2 Å². The van der Waals surface area contributed by atoms with Gasteiger partial charge in [-0.1, -0.05) is 5.04 Å². The maximum Gasteiger partial charge on any atom is 0.319 e. The molecule has 0 aromatic carbocycles.